The van der Waals surface area contributed by atoms with Gasteiger partial charge in [0.15, 0.2) is 0 Å². The first-order chi connectivity index (χ1) is 11.6. The van der Waals surface area contributed by atoms with Gasteiger partial charge < -0.3 is 4.90 Å². The fraction of sp³-hybridized carbons (Fsp3) is 0.167. The van der Waals surface area contributed by atoms with Gasteiger partial charge in [0.2, 0.25) is 5.91 Å². The van der Waals surface area contributed by atoms with E-state index in [1.807, 2.05) is 18.2 Å². The summed E-state index contributed by atoms with van der Waals surface area (Å²) in [7, 11) is 0. The third-order valence-corrected chi connectivity index (χ3v) is 5.30. The summed E-state index contributed by atoms with van der Waals surface area (Å²) in [4.78, 5) is 14.2. The van der Waals surface area contributed by atoms with Gasteiger partial charge in [-0.3, -0.25) is 4.79 Å². The summed E-state index contributed by atoms with van der Waals surface area (Å²) in [5, 5.41) is 0.433. The van der Waals surface area contributed by atoms with E-state index in [1.54, 1.807) is 22.7 Å². The first-order valence-corrected chi connectivity index (χ1v) is 8.78. The van der Waals surface area contributed by atoms with Crippen LogP contribution in [0.1, 0.15) is 16.5 Å². The number of thioether (sulfide) groups is 1. The number of halogens is 3. The molecule has 0 saturated carbocycles. The van der Waals surface area contributed by atoms with Gasteiger partial charge in [0.1, 0.15) is 17.0 Å². The SMILES string of the molecule is O=C(/C=C/c1cc(F)ccc1F)N1CCSC1c1ccccc1Cl. The zero-order chi connectivity index (χ0) is 17.1. The molecular formula is C18H14ClF2NOS. The monoisotopic (exact) mass is 365 g/mol. The van der Waals surface area contributed by atoms with E-state index in [0.717, 1.165) is 29.5 Å². The summed E-state index contributed by atoms with van der Waals surface area (Å²) in [5.41, 5.74) is 0.921. The van der Waals surface area contributed by atoms with Crippen molar-refractivity contribution in [3.63, 3.8) is 0 Å². The molecule has 0 bridgehead atoms. The van der Waals surface area contributed by atoms with E-state index < -0.39 is 11.6 Å². The lowest BCUT2D eigenvalue weighted by Gasteiger charge is -2.23. The summed E-state index contributed by atoms with van der Waals surface area (Å²) in [6.45, 7) is 0.579. The fourth-order valence-corrected chi connectivity index (χ4v) is 4.13. The molecule has 1 unspecified atom stereocenters. The van der Waals surface area contributed by atoms with Crippen molar-refractivity contribution in [2.24, 2.45) is 0 Å². The van der Waals surface area contributed by atoms with Crippen molar-refractivity contribution in [3.05, 3.63) is 76.3 Å². The van der Waals surface area contributed by atoms with Gasteiger partial charge in [-0.05, 0) is 30.3 Å². The Balaban J connectivity index is 1.80. The molecule has 24 heavy (non-hydrogen) atoms. The van der Waals surface area contributed by atoms with Crippen molar-refractivity contribution < 1.29 is 13.6 Å². The van der Waals surface area contributed by atoms with Gasteiger partial charge in [0, 0.05) is 34.5 Å². The van der Waals surface area contributed by atoms with E-state index in [2.05, 4.69) is 0 Å². The van der Waals surface area contributed by atoms with Crippen LogP contribution in [0.15, 0.2) is 48.5 Å². The number of hydrogen-bond donors (Lipinski definition) is 0. The van der Waals surface area contributed by atoms with Crippen molar-refractivity contribution in [1.82, 2.24) is 4.90 Å². The minimum absolute atomic E-state index is 0.0458. The maximum atomic E-state index is 13.6. The number of carbonyl (C=O) groups is 1. The lowest BCUT2D eigenvalue weighted by Crippen LogP contribution is -2.28. The molecule has 2 aromatic carbocycles. The van der Waals surface area contributed by atoms with Crippen LogP contribution in [0, 0.1) is 11.6 Å². The van der Waals surface area contributed by atoms with Gasteiger partial charge in [-0.15, -0.1) is 11.8 Å². The molecule has 1 saturated heterocycles. The Morgan fingerprint density at radius 3 is 2.83 bits per heavy atom. The molecule has 1 atom stereocenters. The molecule has 1 aliphatic heterocycles. The van der Waals surface area contributed by atoms with Crippen LogP contribution in [0.3, 0.4) is 0 Å². The van der Waals surface area contributed by atoms with E-state index in [9.17, 15) is 13.6 Å². The average Bonchev–Trinajstić information content (AvgIpc) is 3.05. The standard InChI is InChI=1S/C18H14ClF2NOS/c19-15-4-2-1-3-14(15)18-22(9-10-24-18)17(23)8-5-12-11-13(20)6-7-16(12)21/h1-8,11,18H,9-10H2/b8-5+. The molecule has 3 rings (SSSR count). The van der Waals surface area contributed by atoms with E-state index in [4.69, 9.17) is 11.6 Å². The Kier molecular flexibility index (Phi) is 5.21. The zero-order valence-electron chi connectivity index (χ0n) is 12.6. The molecule has 2 nitrogen and oxygen atoms in total. The topological polar surface area (TPSA) is 20.3 Å². The molecule has 6 heteroatoms. The van der Waals surface area contributed by atoms with Crippen molar-refractivity contribution >= 4 is 35.3 Å². The van der Waals surface area contributed by atoms with E-state index >= 15 is 0 Å². The second-order valence-electron chi connectivity index (χ2n) is 5.28. The summed E-state index contributed by atoms with van der Waals surface area (Å²) in [5.74, 6) is -0.578. The van der Waals surface area contributed by atoms with E-state index in [-0.39, 0.29) is 16.8 Å². The third-order valence-electron chi connectivity index (χ3n) is 3.71. The normalized spacial score (nSPS) is 17.6. The van der Waals surface area contributed by atoms with Gasteiger partial charge in [0.05, 0.1) is 0 Å². The van der Waals surface area contributed by atoms with Crippen LogP contribution in [-0.4, -0.2) is 23.1 Å². The third kappa shape index (κ3) is 3.62. The Bertz CT molecular complexity index is 796. The highest BCUT2D eigenvalue weighted by molar-refractivity contribution is 7.99. The largest absolute Gasteiger partial charge is 0.322 e. The highest BCUT2D eigenvalue weighted by Gasteiger charge is 2.30. The summed E-state index contributed by atoms with van der Waals surface area (Å²) < 4.78 is 26.8. The maximum absolute atomic E-state index is 13.6. The van der Waals surface area contributed by atoms with Crippen LogP contribution in [-0.2, 0) is 4.79 Å². The average molecular weight is 366 g/mol. The number of nitrogens with zero attached hydrogens (tertiary/aromatic N) is 1. The molecule has 1 aliphatic rings. The van der Waals surface area contributed by atoms with Crippen molar-refractivity contribution in [2.45, 2.75) is 5.37 Å². The molecule has 0 radical (unpaired) electrons. The molecule has 0 spiro atoms. The van der Waals surface area contributed by atoms with Crippen molar-refractivity contribution in [3.8, 4) is 0 Å². The minimum Gasteiger partial charge on any atom is -0.322 e. The van der Waals surface area contributed by atoms with Gasteiger partial charge in [-0.1, -0.05) is 29.8 Å². The van der Waals surface area contributed by atoms with Gasteiger partial charge in [0.25, 0.3) is 0 Å². The van der Waals surface area contributed by atoms with Gasteiger partial charge >= 0.3 is 0 Å². The fourth-order valence-electron chi connectivity index (χ4n) is 2.53. The zero-order valence-corrected chi connectivity index (χ0v) is 14.2. The number of amides is 1. The molecule has 1 fully saturated rings. The molecule has 0 aromatic heterocycles. The maximum Gasteiger partial charge on any atom is 0.247 e. The Morgan fingerprint density at radius 1 is 1.25 bits per heavy atom. The van der Waals surface area contributed by atoms with Crippen molar-refractivity contribution in [1.29, 1.82) is 0 Å². The lowest BCUT2D eigenvalue weighted by atomic mass is 10.1. The molecule has 1 heterocycles. The highest BCUT2D eigenvalue weighted by Crippen LogP contribution is 2.40. The molecule has 2 aromatic rings. The van der Waals surface area contributed by atoms with Crippen LogP contribution < -0.4 is 0 Å². The molecular weight excluding hydrogens is 352 g/mol. The molecule has 0 aliphatic carbocycles. The van der Waals surface area contributed by atoms with Crippen LogP contribution in [0.4, 0.5) is 8.78 Å². The molecule has 0 N–H and O–H groups in total. The number of carbonyl (C=O) groups excluding carboxylic acids is 1. The highest BCUT2D eigenvalue weighted by atomic mass is 35.5. The quantitative estimate of drug-likeness (QED) is 0.720. The van der Waals surface area contributed by atoms with Crippen molar-refractivity contribution in [2.75, 3.05) is 12.3 Å². The smallest absolute Gasteiger partial charge is 0.247 e. The Labute approximate surface area is 148 Å². The van der Waals surface area contributed by atoms with E-state index in [1.165, 1.54) is 12.2 Å². The van der Waals surface area contributed by atoms with E-state index in [0.29, 0.717) is 11.6 Å². The van der Waals surface area contributed by atoms with Gasteiger partial charge in [-0.25, -0.2) is 8.78 Å². The minimum atomic E-state index is -0.570. The number of benzene rings is 2. The summed E-state index contributed by atoms with van der Waals surface area (Å²) in [6.07, 6.45) is 2.57. The first-order valence-electron chi connectivity index (χ1n) is 7.36. The second kappa shape index (κ2) is 7.36. The van der Waals surface area contributed by atoms with Crippen LogP contribution in [0.25, 0.3) is 6.08 Å². The predicted octanol–water partition coefficient (Wildman–Crippen LogP) is 4.91. The molecule has 124 valence electrons. The van der Waals surface area contributed by atoms with Crippen LogP contribution in [0.5, 0.6) is 0 Å². The van der Waals surface area contributed by atoms with Crippen LogP contribution >= 0.6 is 23.4 Å². The van der Waals surface area contributed by atoms with Crippen LogP contribution in [0.2, 0.25) is 5.02 Å². The number of hydrogen-bond acceptors (Lipinski definition) is 2. The second-order valence-corrected chi connectivity index (χ2v) is 6.87. The number of rotatable bonds is 3. The summed E-state index contributed by atoms with van der Waals surface area (Å²) >= 11 is 7.85. The first kappa shape index (κ1) is 17.0. The Morgan fingerprint density at radius 2 is 2.04 bits per heavy atom. The lowest BCUT2D eigenvalue weighted by molar-refractivity contribution is -0.126. The Hall–Kier alpha value is -1.85. The van der Waals surface area contributed by atoms with Gasteiger partial charge in [-0.2, -0.15) is 0 Å². The summed E-state index contributed by atoms with van der Waals surface area (Å²) in [6, 6.07) is 10.5. The predicted molar refractivity (Wildman–Crippen MR) is 93.8 cm³/mol. The molecule has 1 amide bonds.